The molecule has 0 bridgehead atoms. The molecule has 0 spiro atoms. The second-order valence-electron chi connectivity index (χ2n) is 4.65. The van der Waals surface area contributed by atoms with Crippen LogP contribution >= 0.6 is 0 Å². The normalized spacial score (nSPS) is 14.2. The maximum Gasteiger partial charge on any atom is 0.241 e. The van der Waals surface area contributed by atoms with Crippen molar-refractivity contribution in [2.45, 2.75) is 40.2 Å². The summed E-state index contributed by atoms with van der Waals surface area (Å²) in [5.74, 6) is 0.0909. The van der Waals surface area contributed by atoms with Gasteiger partial charge in [-0.3, -0.25) is 4.79 Å². The van der Waals surface area contributed by atoms with Crippen molar-refractivity contribution >= 4 is 11.6 Å². The number of anilines is 1. The third-order valence-corrected chi connectivity index (χ3v) is 3.42. The summed E-state index contributed by atoms with van der Waals surface area (Å²) in [6.45, 7) is 8.06. The second kappa shape index (κ2) is 5.82. The van der Waals surface area contributed by atoms with Gasteiger partial charge < -0.3 is 11.1 Å². The van der Waals surface area contributed by atoms with Gasteiger partial charge in [-0.2, -0.15) is 0 Å². The van der Waals surface area contributed by atoms with E-state index >= 15 is 0 Å². The third-order valence-electron chi connectivity index (χ3n) is 3.42. The topological polar surface area (TPSA) is 55.1 Å². The van der Waals surface area contributed by atoms with Gasteiger partial charge in [0, 0.05) is 5.69 Å². The molecule has 0 radical (unpaired) electrons. The molecule has 0 saturated carbocycles. The predicted octanol–water partition coefficient (Wildman–Crippen LogP) is 2.62. The number of nitrogens with one attached hydrogen (secondary N) is 1. The molecule has 3 nitrogen and oxygen atoms in total. The Morgan fingerprint density at radius 2 is 2.06 bits per heavy atom. The number of amides is 1. The quantitative estimate of drug-likeness (QED) is 0.841. The maximum absolute atomic E-state index is 11.9. The maximum atomic E-state index is 11.9. The molecule has 0 aliphatic rings. The number of hydrogen-bond donors (Lipinski definition) is 2. The van der Waals surface area contributed by atoms with E-state index in [2.05, 4.69) is 5.32 Å². The van der Waals surface area contributed by atoms with E-state index in [9.17, 15) is 4.79 Å². The summed E-state index contributed by atoms with van der Waals surface area (Å²) in [5.41, 5.74) is 9.01. The smallest absolute Gasteiger partial charge is 0.241 e. The monoisotopic (exact) mass is 234 g/mol. The zero-order valence-corrected chi connectivity index (χ0v) is 11.1. The summed E-state index contributed by atoms with van der Waals surface area (Å²) in [6, 6.07) is 5.43. The van der Waals surface area contributed by atoms with Gasteiger partial charge in [0.25, 0.3) is 0 Å². The van der Waals surface area contributed by atoms with Crippen LogP contribution in [0, 0.1) is 19.8 Å². The average Bonchev–Trinajstić information content (AvgIpc) is 2.32. The molecule has 0 heterocycles. The Hall–Kier alpha value is -1.35. The number of rotatable bonds is 4. The number of benzene rings is 1. The lowest BCUT2D eigenvalue weighted by atomic mass is 9.99. The van der Waals surface area contributed by atoms with Gasteiger partial charge in [-0.1, -0.05) is 32.4 Å². The van der Waals surface area contributed by atoms with Crippen LogP contribution in [0.2, 0.25) is 0 Å². The fraction of sp³-hybridized carbons (Fsp3) is 0.500. The average molecular weight is 234 g/mol. The van der Waals surface area contributed by atoms with Gasteiger partial charge in [0.1, 0.15) is 0 Å². The molecule has 0 saturated heterocycles. The van der Waals surface area contributed by atoms with Gasteiger partial charge >= 0.3 is 0 Å². The van der Waals surface area contributed by atoms with Crippen LogP contribution in [-0.2, 0) is 4.79 Å². The Morgan fingerprint density at radius 3 is 2.65 bits per heavy atom. The molecule has 0 fully saturated rings. The fourth-order valence-electron chi connectivity index (χ4n) is 1.61. The summed E-state index contributed by atoms with van der Waals surface area (Å²) >= 11 is 0. The SMILES string of the molecule is CCC(C)C(N)C(=O)Nc1cccc(C)c1C. The Balaban J connectivity index is 2.78. The highest BCUT2D eigenvalue weighted by Gasteiger charge is 2.19. The largest absolute Gasteiger partial charge is 0.324 e. The highest BCUT2D eigenvalue weighted by molar-refractivity contribution is 5.95. The Labute approximate surface area is 103 Å². The van der Waals surface area contributed by atoms with Crippen LogP contribution in [0.15, 0.2) is 18.2 Å². The minimum absolute atomic E-state index is 0.104. The van der Waals surface area contributed by atoms with Crippen molar-refractivity contribution in [2.75, 3.05) is 5.32 Å². The summed E-state index contributed by atoms with van der Waals surface area (Å²) in [6.07, 6.45) is 0.904. The van der Waals surface area contributed by atoms with E-state index in [1.165, 1.54) is 5.56 Å². The highest BCUT2D eigenvalue weighted by atomic mass is 16.2. The van der Waals surface area contributed by atoms with Crippen molar-refractivity contribution in [1.29, 1.82) is 0 Å². The van der Waals surface area contributed by atoms with Crippen molar-refractivity contribution in [3.63, 3.8) is 0 Å². The number of aryl methyl sites for hydroxylation is 1. The van der Waals surface area contributed by atoms with Crippen molar-refractivity contribution in [1.82, 2.24) is 0 Å². The summed E-state index contributed by atoms with van der Waals surface area (Å²) in [7, 11) is 0. The first-order valence-corrected chi connectivity index (χ1v) is 6.10. The van der Waals surface area contributed by atoms with E-state index in [0.29, 0.717) is 0 Å². The number of carbonyl (C=O) groups excluding carboxylic acids is 1. The minimum Gasteiger partial charge on any atom is -0.324 e. The zero-order chi connectivity index (χ0) is 13.0. The summed E-state index contributed by atoms with van der Waals surface area (Å²) in [5, 5.41) is 2.90. The van der Waals surface area contributed by atoms with Crippen molar-refractivity contribution in [2.24, 2.45) is 11.7 Å². The summed E-state index contributed by atoms with van der Waals surface area (Å²) in [4.78, 5) is 11.9. The molecule has 0 aliphatic carbocycles. The molecular weight excluding hydrogens is 212 g/mol. The molecule has 2 atom stereocenters. The predicted molar refractivity (Wildman–Crippen MR) is 72.0 cm³/mol. The lowest BCUT2D eigenvalue weighted by molar-refractivity contribution is -0.118. The Kier molecular flexibility index (Phi) is 4.70. The number of nitrogens with two attached hydrogens (primary N) is 1. The van der Waals surface area contributed by atoms with E-state index < -0.39 is 6.04 Å². The molecule has 17 heavy (non-hydrogen) atoms. The molecule has 3 heteroatoms. The lowest BCUT2D eigenvalue weighted by Crippen LogP contribution is -2.40. The van der Waals surface area contributed by atoms with E-state index in [1.54, 1.807) is 0 Å². The van der Waals surface area contributed by atoms with Crippen LogP contribution in [0.4, 0.5) is 5.69 Å². The van der Waals surface area contributed by atoms with E-state index in [4.69, 9.17) is 5.73 Å². The van der Waals surface area contributed by atoms with Gasteiger partial charge in [0.05, 0.1) is 6.04 Å². The molecule has 0 aliphatic heterocycles. The first-order chi connectivity index (χ1) is 7.97. The number of carbonyl (C=O) groups is 1. The molecule has 3 N–H and O–H groups in total. The van der Waals surface area contributed by atoms with E-state index in [1.807, 2.05) is 45.9 Å². The molecule has 0 aromatic heterocycles. The lowest BCUT2D eigenvalue weighted by Gasteiger charge is -2.19. The van der Waals surface area contributed by atoms with Gasteiger partial charge in [-0.05, 0) is 37.0 Å². The molecule has 1 aromatic rings. The standard InChI is InChI=1S/C14H22N2O/c1-5-9(2)13(15)14(17)16-12-8-6-7-10(3)11(12)4/h6-9,13H,5,15H2,1-4H3,(H,16,17). The van der Waals surface area contributed by atoms with Crippen molar-refractivity contribution in [3.05, 3.63) is 29.3 Å². The molecule has 1 aromatic carbocycles. The van der Waals surface area contributed by atoms with E-state index in [-0.39, 0.29) is 11.8 Å². The molecule has 94 valence electrons. The van der Waals surface area contributed by atoms with Crippen LogP contribution in [0.5, 0.6) is 0 Å². The second-order valence-corrected chi connectivity index (χ2v) is 4.65. The van der Waals surface area contributed by atoms with Crippen molar-refractivity contribution < 1.29 is 4.79 Å². The minimum atomic E-state index is -0.445. The molecule has 1 rings (SSSR count). The molecule has 2 unspecified atom stereocenters. The van der Waals surface area contributed by atoms with Crippen molar-refractivity contribution in [3.8, 4) is 0 Å². The van der Waals surface area contributed by atoms with Gasteiger partial charge in [0.15, 0.2) is 0 Å². The summed E-state index contributed by atoms with van der Waals surface area (Å²) < 4.78 is 0. The van der Waals surface area contributed by atoms with Crippen LogP contribution in [0.1, 0.15) is 31.4 Å². The van der Waals surface area contributed by atoms with Crippen LogP contribution < -0.4 is 11.1 Å². The first-order valence-electron chi connectivity index (χ1n) is 6.10. The zero-order valence-electron chi connectivity index (χ0n) is 11.1. The van der Waals surface area contributed by atoms with Gasteiger partial charge in [-0.15, -0.1) is 0 Å². The molecular formula is C14H22N2O. The van der Waals surface area contributed by atoms with Gasteiger partial charge in [-0.25, -0.2) is 0 Å². The third kappa shape index (κ3) is 3.30. The molecule has 1 amide bonds. The fourth-order valence-corrected chi connectivity index (χ4v) is 1.61. The van der Waals surface area contributed by atoms with E-state index in [0.717, 1.165) is 17.7 Å². The number of hydrogen-bond acceptors (Lipinski definition) is 2. The highest BCUT2D eigenvalue weighted by Crippen LogP contribution is 2.18. The van der Waals surface area contributed by atoms with Gasteiger partial charge in [0.2, 0.25) is 5.91 Å². The van der Waals surface area contributed by atoms with Crippen LogP contribution in [0.3, 0.4) is 0 Å². The van der Waals surface area contributed by atoms with Crippen LogP contribution in [-0.4, -0.2) is 11.9 Å². The first kappa shape index (κ1) is 13.7. The Morgan fingerprint density at radius 1 is 1.41 bits per heavy atom. The Bertz CT molecular complexity index is 401. The van der Waals surface area contributed by atoms with Crippen LogP contribution in [0.25, 0.3) is 0 Å².